The predicted molar refractivity (Wildman–Crippen MR) is 63.7 cm³/mol. The molecule has 0 aliphatic rings. The molecule has 0 saturated heterocycles. The Kier molecular flexibility index (Phi) is 3.44. The molecule has 1 heterocycles. The first-order chi connectivity index (χ1) is 7.27. The van der Waals surface area contributed by atoms with Crippen molar-refractivity contribution in [1.29, 1.82) is 0 Å². The first-order valence-corrected chi connectivity index (χ1v) is 5.28. The average Bonchev–Trinajstić information content (AvgIpc) is 2.62. The fourth-order valence-corrected chi connectivity index (χ4v) is 2.16. The van der Waals surface area contributed by atoms with Crippen molar-refractivity contribution >= 4 is 45.1 Å². The molecule has 16 heavy (non-hydrogen) atoms. The van der Waals surface area contributed by atoms with Gasteiger partial charge in [0, 0.05) is 37.0 Å². The molecule has 1 aromatic heterocycles. The summed E-state index contributed by atoms with van der Waals surface area (Å²) < 4.78 is 5.65. The summed E-state index contributed by atoms with van der Waals surface area (Å²) in [6.07, 6.45) is 0. The van der Waals surface area contributed by atoms with Crippen LogP contribution < -0.4 is 0 Å². The number of rotatable bonds is 0. The summed E-state index contributed by atoms with van der Waals surface area (Å²) in [5.74, 6) is 0. The van der Waals surface area contributed by atoms with Gasteiger partial charge in [0.05, 0.1) is 10.0 Å². The van der Waals surface area contributed by atoms with Crippen molar-refractivity contribution in [2.75, 3.05) is 0 Å². The molecular formula is C12H6Cl2OZr. The van der Waals surface area contributed by atoms with Crippen molar-refractivity contribution in [2.45, 2.75) is 0 Å². The summed E-state index contributed by atoms with van der Waals surface area (Å²) in [6.45, 7) is 0. The van der Waals surface area contributed by atoms with E-state index in [1.54, 1.807) is 6.07 Å². The van der Waals surface area contributed by atoms with Gasteiger partial charge in [0.15, 0.2) is 0 Å². The van der Waals surface area contributed by atoms with Gasteiger partial charge in [-0.1, -0.05) is 41.4 Å². The minimum atomic E-state index is 0. The molecule has 2 aromatic carbocycles. The molecule has 0 atom stereocenters. The van der Waals surface area contributed by atoms with E-state index in [2.05, 4.69) is 0 Å². The number of para-hydroxylation sites is 1. The number of hydrogen-bond acceptors (Lipinski definition) is 1. The topological polar surface area (TPSA) is 13.1 Å². The van der Waals surface area contributed by atoms with Gasteiger partial charge in [0.25, 0.3) is 0 Å². The minimum absolute atomic E-state index is 0. The van der Waals surface area contributed by atoms with Gasteiger partial charge >= 0.3 is 0 Å². The number of hydrogen-bond donors (Lipinski definition) is 0. The zero-order valence-electron chi connectivity index (χ0n) is 8.13. The molecule has 0 unspecified atom stereocenters. The standard InChI is InChI=1S/C12H6Cl2O.Zr/c13-8-5-6-10-11(12(8)14)7-3-1-2-4-9(7)15-10;/h1-6H;. The third-order valence-electron chi connectivity index (χ3n) is 2.43. The normalized spacial score (nSPS) is 10.6. The van der Waals surface area contributed by atoms with Crippen molar-refractivity contribution in [3.63, 3.8) is 0 Å². The minimum Gasteiger partial charge on any atom is -0.456 e. The maximum absolute atomic E-state index is 6.15. The Balaban J connectivity index is 0.000000963. The van der Waals surface area contributed by atoms with E-state index in [1.807, 2.05) is 30.3 Å². The zero-order valence-corrected chi connectivity index (χ0v) is 12.1. The maximum Gasteiger partial charge on any atom is 0.137 e. The molecule has 4 heteroatoms. The summed E-state index contributed by atoms with van der Waals surface area (Å²) >= 11 is 12.1. The first-order valence-electron chi connectivity index (χ1n) is 4.52. The predicted octanol–water partition coefficient (Wildman–Crippen LogP) is 4.89. The van der Waals surface area contributed by atoms with Gasteiger partial charge in [0.1, 0.15) is 11.2 Å². The van der Waals surface area contributed by atoms with Crippen LogP contribution in [-0.2, 0) is 26.2 Å². The van der Waals surface area contributed by atoms with Crippen molar-refractivity contribution in [1.82, 2.24) is 0 Å². The van der Waals surface area contributed by atoms with Gasteiger partial charge in [-0.3, -0.25) is 0 Å². The van der Waals surface area contributed by atoms with Crippen molar-refractivity contribution in [3.05, 3.63) is 46.4 Å². The number of benzene rings is 2. The Bertz CT molecular complexity index is 660. The summed E-state index contributed by atoms with van der Waals surface area (Å²) in [7, 11) is 0. The zero-order chi connectivity index (χ0) is 10.4. The second-order valence-electron chi connectivity index (χ2n) is 3.33. The molecule has 0 spiro atoms. The van der Waals surface area contributed by atoms with E-state index in [0.29, 0.717) is 10.0 Å². The fraction of sp³-hybridized carbons (Fsp3) is 0. The SMILES string of the molecule is Clc1ccc2oc3ccccc3c2c1Cl.[Zr]. The second-order valence-corrected chi connectivity index (χ2v) is 4.12. The van der Waals surface area contributed by atoms with Crippen LogP contribution in [0.1, 0.15) is 0 Å². The van der Waals surface area contributed by atoms with E-state index < -0.39 is 0 Å². The Morgan fingerprint density at radius 1 is 0.875 bits per heavy atom. The van der Waals surface area contributed by atoms with E-state index in [1.165, 1.54) is 0 Å². The van der Waals surface area contributed by atoms with Crippen LogP contribution in [0.15, 0.2) is 40.8 Å². The molecule has 0 N–H and O–H groups in total. The molecule has 0 fully saturated rings. The average molecular weight is 328 g/mol. The number of furan rings is 1. The van der Waals surface area contributed by atoms with Gasteiger partial charge in [-0.2, -0.15) is 0 Å². The number of halogens is 2. The molecule has 0 aliphatic heterocycles. The van der Waals surface area contributed by atoms with Gasteiger partial charge in [-0.05, 0) is 18.2 Å². The van der Waals surface area contributed by atoms with Gasteiger partial charge < -0.3 is 4.42 Å². The van der Waals surface area contributed by atoms with E-state index in [4.69, 9.17) is 27.6 Å². The van der Waals surface area contributed by atoms with Crippen LogP contribution in [0.2, 0.25) is 10.0 Å². The largest absolute Gasteiger partial charge is 0.456 e. The van der Waals surface area contributed by atoms with Crippen molar-refractivity contribution in [2.24, 2.45) is 0 Å². The van der Waals surface area contributed by atoms with Crippen molar-refractivity contribution in [3.8, 4) is 0 Å². The Labute approximate surface area is 121 Å². The third-order valence-corrected chi connectivity index (χ3v) is 3.24. The molecule has 0 bridgehead atoms. The third kappa shape index (κ3) is 1.73. The van der Waals surface area contributed by atoms with E-state index in [9.17, 15) is 0 Å². The van der Waals surface area contributed by atoms with E-state index >= 15 is 0 Å². The Hall–Kier alpha value is -0.297. The summed E-state index contributed by atoms with van der Waals surface area (Å²) in [5, 5.41) is 3.00. The quantitative estimate of drug-likeness (QED) is 0.573. The first kappa shape index (κ1) is 12.2. The van der Waals surface area contributed by atoms with Gasteiger partial charge in [-0.25, -0.2) is 0 Å². The van der Waals surface area contributed by atoms with E-state index in [-0.39, 0.29) is 26.2 Å². The van der Waals surface area contributed by atoms with Crippen LogP contribution in [0, 0.1) is 0 Å². The smallest absolute Gasteiger partial charge is 0.137 e. The molecular weight excluding hydrogens is 322 g/mol. The molecule has 3 aromatic rings. The summed E-state index contributed by atoms with van der Waals surface area (Å²) in [4.78, 5) is 0. The molecule has 78 valence electrons. The Morgan fingerprint density at radius 3 is 2.44 bits per heavy atom. The van der Waals surface area contributed by atoms with Crippen LogP contribution in [-0.4, -0.2) is 0 Å². The summed E-state index contributed by atoms with van der Waals surface area (Å²) in [5.41, 5.74) is 1.60. The summed E-state index contributed by atoms with van der Waals surface area (Å²) in [6, 6.07) is 11.4. The fourth-order valence-electron chi connectivity index (χ4n) is 1.75. The molecule has 0 amide bonds. The van der Waals surface area contributed by atoms with Crippen molar-refractivity contribution < 1.29 is 30.6 Å². The van der Waals surface area contributed by atoms with Gasteiger partial charge in [0.2, 0.25) is 0 Å². The van der Waals surface area contributed by atoms with Crippen LogP contribution >= 0.6 is 23.2 Å². The molecule has 3 rings (SSSR count). The number of fused-ring (bicyclic) bond motifs is 3. The monoisotopic (exact) mass is 326 g/mol. The van der Waals surface area contributed by atoms with Crippen LogP contribution in [0.3, 0.4) is 0 Å². The molecule has 0 saturated carbocycles. The molecule has 1 nitrogen and oxygen atoms in total. The van der Waals surface area contributed by atoms with Crippen LogP contribution in [0.25, 0.3) is 21.9 Å². The van der Waals surface area contributed by atoms with Crippen LogP contribution in [0.4, 0.5) is 0 Å². The van der Waals surface area contributed by atoms with Crippen LogP contribution in [0.5, 0.6) is 0 Å². The Morgan fingerprint density at radius 2 is 1.62 bits per heavy atom. The van der Waals surface area contributed by atoms with E-state index in [0.717, 1.165) is 21.9 Å². The van der Waals surface area contributed by atoms with Gasteiger partial charge in [-0.15, -0.1) is 0 Å². The second kappa shape index (κ2) is 4.52. The molecule has 0 aliphatic carbocycles. The maximum atomic E-state index is 6.15. The molecule has 0 radical (unpaired) electrons.